The summed E-state index contributed by atoms with van der Waals surface area (Å²) in [4.78, 5) is 11.7. The first kappa shape index (κ1) is 16.0. The van der Waals surface area contributed by atoms with E-state index in [1.165, 1.54) is 12.1 Å². The van der Waals surface area contributed by atoms with Crippen LogP contribution in [0.3, 0.4) is 0 Å². The molecule has 0 aliphatic heterocycles. The molecular formula is C12H13BrF3NO2. The van der Waals surface area contributed by atoms with Crippen molar-refractivity contribution in [2.45, 2.75) is 6.18 Å². The van der Waals surface area contributed by atoms with Gasteiger partial charge in [-0.2, -0.15) is 13.2 Å². The first-order chi connectivity index (χ1) is 8.96. The Balaban J connectivity index is 2.62. The molecule has 0 aliphatic rings. The molecule has 106 valence electrons. The van der Waals surface area contributed by atoms with Gasteiger partial charge in [0.1, 0.15) is 0 Å². The van der Waals surface area contributed by atoms with Crippen molar-refractivity contribution in [2.24, 2.45) is 0 Å². The Morgan fingerprint density at radius 2 is 1.95 bits per heavy atom. The fraction of sp³-hybridized carbons (Fsp3) is 0.417. The Morgan fingerprint density at radius 3 is 2.58 bits per heavy atom. The zero-order chi connectivity index (χ0) is 14.3. The summed E-state index contributed by atoms with van der Waals surface area (Å²) in [5, 5.41) is 3.06. The lowest BCUT2D eigenvalue weighted by molar-refractivity contribution is -0.137. The number of benzene rings is 1. The number of hydrogen-bond donors (Lipinski definition) is 1. The van der Waals surface area contributed by atoms with Crippen LogP contribution in [0, 0.1) is 0 Å². The Labute approximate surface area is 117 Å². The molecule has 0 fully saturated rings. The highest BCUT2D eigenvalue weighted by atomic mass is 79.9. The SMILES string of the molecule is O=C(NCCOCCBr)c1ccccc1C(F)(F)F. The predicted molar refractivity (Wildman–Crippen MR) is 68.4 cm³/mol. The maximum atomic E-state index is 12.7. The van der Waals surface area contributed by atoms with Gasteiger partial charge in [0.05, 0.1) is 24.3 Å². The summed E-state index contributed by atoms with van der Waals surface area (Å²) in [6, 6.07) is 4.68. The molecule has 3 nitrogen and oxygen atoms in total. The summed E-state index contributed by atoms with van der Waals surface area (Å²) >= 11 is 3.16. The number of alkyl halides is 4. The lowest BCUT2D eigenvalue weighted by Gasteiger charge is -2.12. The van der Waals surface area contributed by atoms with E-state index in [0.717, 1.165) is 12.1 Å². The van der Waals surface area contributed by atoms with Crippen LogP contribution in [0.5, 0.6) is 0 Å². The molecule has 1 rings (SSSR count). The van der Waals surface area contributed by atoms with Gasteiger partial charge in [0.25, 0.3) is 5.91 Å². The standard InChI is InChI=1S/C12H13BrF3NO2/c13-5-7-19-8-6-17-11(18)9-3-1-2-4-10(9)12(14,15)16/h1-4H,5-8H2,(H,17,18). The Bertz CT molecular complexity index is 424. The van der Waals surface area contributed by atoms with Crippen molar-refractivity contribution in [3.63, 3.8) is 0 Å². The monoisotopic (exact) mass is 339 g/mol. The number of carbonyl (C=O) groups is 1. The van der Waals surface area contributed by atoms with Crippen molar-refractivity contribution >= 4 is 21.8 Å². The molecule has 0 heterocycles. The molecule has 0 atom stereocenters. The molecule has 0 spiro atoms. The van der Waals surface area contributed by atoms with Gasteiger partial charge in [-0.05, 0) is 12.1 Å². The van der Waals surface area contributed by atoms with Crippen molar-refractivity contribution in [1.82, 2.24) is 5.32 Å². The van der Waals surface area contributed by atoms with Gasteiger partial charge in [-0.25, -0.2) is 0 Å². The molecule has 0 aromatic heterocycles. The lowest BCUT2D eigenvalue weighted by atomic mass is 10.1. The fourth-order valence-electron chi connectivity index (χ4n) is 1.42. The van der Waals surface area contributed by atoms with Gasteiger partial charge >= 0.3 is 6.18 Å². The molecular weight excluding hydrogens is 327 g/mol. The molecule has 0 bridgehead atoms. The Hall–Kier alpha value is -1.08. The third-order valence-electron chi connectivity index (χ3n) is 2.23. The third-order valence-corrected chi connectivity index (χ3v) is 2.55. The van der Waals surface area contributed by atoms with Crippen molar-refractivity contribution in [2.75, 3.05) is 25.1 Å². The number of rotatable bonds is 6. The van der Waals surface area contributed by atoms with E-state index in [-0.39, 0.29) is 18.7 Å². The lowest BCUT2D eigenvalue weighted by Crippen LogP contribution is -2.29. The summed E-state index contributed by atoms with van der Waals surface area (Å²) in [5.41, 5.74) is -1.32. The van der Waals surface area contributed by atoms with Gasteiger partial charge in [0.2, 0.25) is 0 Å². The van der Waals surface area contributed by atoms with Crippen molar-refractivity contribution < 1.29 is 22.7 Å². The number of nitrogens with one attached hydrogen (secondary N) is 1. The van der Waals surface area contributed by atoms with E-state index < -0.39 is 17.6 Å². The molecule has 1 N–H and O–H groups in total. The molecule has 1 aromatic rings. The molecule has 0 saturated carbocycles. The number of halogens is 4. The normalized spacial score (nSPS) is 11.4. The Morgan fingerprint density at radius 1 is 1.26 bits per heavy atom. The molecule has 0 radical (unpaired) electrons. The van der Waals surface area contributed by atoms with E-state index >= 15 is 0 Å². The fourth-order valence-corrected chi connectivity index (χ4v) is 1.65. The zero-order valence-corrected chi connectivity index (χ0v) is 11.6. The van der Waals surface area contributed by atoms with Crippen molar-refractivity contribution in [3.05, 3.63) is 35.4 Å². The zero-order valence-electron chi connectivity index (χ0n) is 9.97. The first-order valence-corrected chi connectivity index (χ1v) is 6.67. The molecule has 7 heteroatoms. The predicted octanol–water partition coefficient (Wildman–Crippen LogP) is 2.85. The number of carbonyl (C=O) groups excluding carboxylic acids is 1. The number of hydrogen-bond acceptors (Lipinski definition) is 2. The molecule has 0 unspecified atom stereocenters. The second kappa shape index (κ2) is 7.49. The van der Waals surface area contributed by atoms with Crippen molar-refractivity contribution in [3.8, 4) is 0 Å². The van der Waals surface area contributed by atoms with Crippen LogP contribution in [0.1, 0.15) is 15.9 Å². The second-order valence-electron chi connectivity index (χ2n) is 3.60. The highest BCUT2D eigenvalue weighted by Gasteiger charge is 2.34. The molecule has 1 aromatic carbocycles. The Kier molecular flexibility index (Phi) is 6.30. The van der Waals surface area contributed by atoms with Crippen LogP contribution in [0.2, 0.25) is 0 Å². The van der Waals surface area contributed by atoms with Gasteiger partial charge in [0, 0.05) is 11.9 Å². The smallest absolute Gasteiger partial charge is 0.379 e. The van der Waals surface area contributed by atoms with Gasteiger partial charge in [-0.15, -0.1) is 0 Å². The largest absolute Gasteiger partial charge is 0.417 e. The van der Waals surface area contributed by atoms with Gasteiger partial charge < -0.3 is 10.1 Å². The second-order valence-corrected chi connectivity index (χ2v) is 4.39. The first-order valence-electron chi connectivity index (χ1n) is 5.55. The van der Waals surface area contributed by atoms with Crippen LogP contribution < -0.4 is 5.32 Å². The highest BCUT2D eigenvalue weighted by molar-refractivity contribution is 9.09. The van der Waals surface area contributed by atoms with Crippen LogP contribution in [-0.2, 0) is 10.9 Å². The topological polar surface area (TPSA) is 38.3 Å². The minimum Gasteiger partial charge on any atom is -0.379 e. The van der Waals surface area contributed by atoms with E-state index in [9.17, 15) is 18.0 Å². The van der Waals surface area contributed by atoms with E-state index in [0.29, 0.717) is 11.9 Å². The van der Waals surface area contributed by atoms with E-state index in [1.807, 2.05) is 0 Å². The minimum absolute atomic E-state index is 0.165. The van der Waals surface area contributed by atoms with Gasteiger partial charge in [-0.3, -0.25) is 4.79 Å². The summed E-state index contributed by atoms with van der Waals surface area (Å²) in [7, 11) is 0. The van der Waals surface area contributed by atoms with Gasteiger partial charge in [0.15, 0.2) is 0 Å². The molecule has 1 amide bonds. The summed E-state index contributed by atoms with van der Waals surface area (Å²) in [5.74, 6) is -0.754. The van der Waals surface area contributed by atoms with Crippen LogP contribution in [-0.4, -0.2) is 31.0 Å². The maximum Gasteiger partial charge on any atom is 0.417 e. The van der Waals surface area contributed by atoms with Gasteiger partial charge in [-0.1, -0.05) is 28.1 Å². The average molecular weight is 340 g/mol. The van der Waals surface area contributed by atoms with Crippen LogP contribution in [0.15, 0.2) is 24.3 Å². The maximum absolute atomic E-state index is 12.7. The molecule has 0 saturated heterocycles. The minimum atomic E-state index is -4.54. The average Bonchev–Trinajstić information content (AvgIpc) is 2.37. The third kappa shape index (κ3) is 5.20. The molecule has 19 heavy (non-hydrogen) atoms. The summed E-state index contributed by atoms with van der Waals surface area (Å²) < 4.78 is 43.1. The van der Waals surface area contributed by atoms with Crippen LogP contribution >= 0.6 is 15.9 Å². The number of amides is 1. The highest BCUT2D eigenvalue weighted by Crippen LogP contribution is 2.31. The summed E-state index contributed by atoms with van der Waals surface area (Å²) in [6.07, 6.45) is -4.54. The van der Waals surface area contributed by atoms with Crippen molar-refractivity contribution in [1.29, 1.82) is 0 Å². The van der Waals surface area contributed by atoms with E-state index in [1.54, 1.807) is 0 Å². The molecule has 0 aliphatic carbocycles. The van der Waals surface area contributed by atoms with Crippen LogP contribution in [0.25, 0.3) is 0 Å². The van der Waals surface area contributed by atoms with Crippen LogP contribution in [0.4, 0.5) is 13.2 Å². The van der Waals surface area contributed by atoms with E-state index in [4.69, 9.17) is 4.74 Å². The quantitative estimate of drug-likeness (QED) is 0.639. The summed E-state index contributed by atoms with van der Waals surface area (Å²) in [6.45, 7) is 0.901. The number of ether oxygens (including phenoxy) is 1. The van der Waals surface area contributed by atoms with E-state index in [2.05, 4.69) is 21.2 Å².